The van der Waals surface area contributed by atoms with Gasteiger partial charge in [-0.2, -0.15) is 14.9 Å². The second kappa shape index (κ2) is 4.64. The molecular formula is C15H16N4O. The topological polar surface area (TPSA) is 73.9 Å². The third kappa shape index (κ3) is 2.03. The van der Waals surface area contributed by atoms with Gasteiger partial charge in [-0.15, -0.1) is 0 Å². The molecule has 2 aromatic rings. The Labute approximate surface area is 116 Å². The summed E-state index contributed by atoms with van der Waals surface area (Å²) in [7, 11) is 0. The molecule has 5 heteroatoms. The molecule has 1 aliphatic carbocycles. The van der Waals surface area contributed by atoms with E-state index >= 15 is 0 Å². The summed E-state index contributed by atoms with van der Waals surface area (Å²) in [5.74, 6) is 0.729. The molecule has 0 atom stereocenters. The Morgan fingerprint density at radius 3 is 2.90 bits per heavy atom. The largest absolute Gasteiger partial charge is 0.339 e. The highest BCUT2D eigenvalue weighted by molar-refractivity contribution is 5.60. The van der Waals surface area contributed by atoms with Crippen molar-refractivity contribution in [2.24, 2.45) is 5.92 Å². The number of nitrogens with one attached hydrogen (secondary N) is 1. The summed E-state index contributed by atoms with van der Waals surface area (Å²) in [6.45, 7) is 3.97. The quantitative estimate of drug-likeness (QED) is 0.929. The van der Waals surface area contributed by atoms with Crippen molar-refractivity contribution < 1.29 is 0 Å². The SMILES string of the molecule is CC(C)c1c(/C=C/C2CC2)[nH]c2c(C#N)cnn2c1=O. The molecule has 1 saturated carbocycles. The summed E-state index contributed by atoms with van der Waals surface area (Å²) in [5.41, 5.74) is 2.21. The summed E-state index contributed by atoms with van der Waals surface area (Å²) in [6.07, 6.45) is 7.97. The molecule has 0 spiro atoms. The summed E-state index contributed by atoms with van der Waals surface area (Å²) >= 11 is 0. The number of nitriles is 1. The molecule has 20 heavy (non-hydrogen) atoms. The number of fused-ring (bicyclic) bond motifs is 1. The van der Waals surface area contributed by atoms with Crippen LogP contribution in [0.25, 0.3) is 11.7 Å². The van der Waals surface area contributed by atoms with E-state index in [2.05, 4.69) is 22.2 Å². The van der Waals surface area contributed by atoms with Crippen molar-refractivity contribution in [2.75, 3.05) is 0 Å². The van der Waals surface area contributed by atoms with Crippen LogP contribution in [0.5, 0.6) is 0 Å². The van der Waals surface area contributed by atoms with Crippen LogP contribution in [-0.4, -0.2) is 14.6 Å². The van der Waals surface area contributed by atoms with Crippen molar-refractivity contribution in [1.29, 1.82) is 5.26 Å². The van der Waals surface area contributed by atoms with Gasteiger partial charge >= 0.3 is 0 Å². The zero-order chi connectivity index (χ0) is 14.3. The van der Waals surface area contributed by atoms with Crippen molar-refractivity contribution in [3.8, 4) is 6.07 Å². The van der Waals surface area contributed by atoms with Crippen molar-refractivity contribution in [3.05, 3.63) is 39.4 Å². The molecule has 1 N–H and O–H groups in total. The lowest BCUT2D eigenvalue weighted by Gasteiger charge is -2.10. The van der Waals surface area contributed by atoms with Crippen molar-refractivity contribution in [1.82, 2.24) is 14.6 Å². The molecule has 2 heterocycles. The highest BCUT2D eigenvalue weighted by atomic mass is 16.1. The van der Waals surface area contributed by atoms with E-state index < -0.39 is 0 Å². The average molecular weight is 268 g/mol. The van der Waals surface area contributed by atoms with Crippen molar-refractivity contribution >= 4 is 11.7 Å². The molecular weight excluding hydrogens is 252 g/mol. The molecule has 1 aliphatic rings. The highest BCUT2D eigenvalue weighted by Crippen LogP contribution is 2.31. The Kier molecular flexibility index (Phi) is 2.94. The Bertz CT molecular complexity index is 785. The molecule has 102 valence electrons. The van der Waals surface area contributed by atoms with Gasteiger partial charge in [0.05, 0.1) is 6.20 Å². The third-order valence-electron chi connectivity index (χ3n) is 3.59. The van der Waals surface area contributed by atoms with Crippen LogP contribution >= 0.6 is 0 Å². The van der Waals surface area contributed by atoms with Crippen LogP contribution in [0.3, 0.4) is 0 Å². The lowest BCUT2D eigenvalue weighted by atomic mass is 10.0. The molecule has 1 fully saturated rings. The van der Waals surface area contributed by atoms with Gasteiger partial charge in [0.1, 0.15) is 11.6 Å². The van der Waals surface area contributed by atoms with Gasteiger partial charge in [-0.25, -0.2) is 0 Å². The zero-order valence-corrected chi connectivity index (χ0v) is 11.6. The maximum atomic E-state index is 12.5. The standard InChI is InChI=1S/C15H16N4O/c1-9(2)13-12(6-5-10-3-4-10)18-14-11(7-16)8-17-19(14)15(13)20/h5-6,8-10,18H,3-4H2,1-2H3/b6-5+. The Morgan fingerprint density at radius 2 is 2.30 bits per heavy atom. The number of H-pyrrole nitrogens is 1. The minimum absolute atomic E-state index is 0.0942. The Morgan fingerprint density at radius 1 is 1.55 bits per heavy atom. The van der Waals surface area contributed by atoms with Crippen LogP contribution < -0.4 is 5.56 Å². The van der Waals surface area contributed by atoms with Gasteiger partial charge in [0.25, 0.3) is 5.56 Å². The molecule has 0 saturated heterocycles. The minimum Gasteiger partial charge on any atom is -0.339 e. The first kappa shape index (κ1) is 12.7. The zero-order valence-electron chi connectivity index (χ0n) is 11.6. The van der Waals surface area contributed by atoms with Crippen LogP contribution in [-0.2, 0) is 0 Å². The molecule has 5 nitrogen and oxygen atoms in total. The molecule has 0 amide bonds. The third-order valence-corrected chi connectivity index (χ3v) is 3.59. The average Bonchev–Trinajstić information content (AvgIpc) is 3.14. The Balaban J connectivity index is 2.26. The van der Waals surface area contributed by atoms with Gasteiger partial charge < -0.3 is 4.98 Å². The van der Waals surface area contributed by atoms with E-state index in [0.717, 1.165) is 5.69 Å². The number of rotatable bonds is 3. The maximum absolute atomic E-state index is 12.5. The normalized spacial score (nSPS) is 15.3. The fourth-order valence-electron chi connectivity index (χ4n) is 2.34. The van der Waals surface area contributed by atoms with Crippen molar-refractivity contribution in [3.63, 3.8) is 0 Å². The van der Waals surface area contributed by atoms with E-state index in [0.29, 0.717) is 22.7 Å². The lowest BCUT2D eigenvalue weighted by Crippen LogP contribution is -2.22. The molecule has 2 aromatic heterocycles. The van der Waals surface area contributed by atoms with Gasteiger partial charge in [-0.3, -0.25) is 4.79 Å². The predicted octanol–water partition coefficient (Wildman–Crippen LogP) is 2.44. The smallest absolute Gasteiger partial charge is 0.278 e. The van der Waals surface area contributed by atoms with E-state index in [-0.39, 0.29) is 11.5 Å². The molecule has 0 aromatic carbocycles. The number of nitrogens with zero attached hydrogens (tertiary/aromatic N) is 3. The van der Waals surface area contributed by atoms with Gasteiger partial charge in [0.15, 0.2) is 5.65 Å². The first-order chi connectivity index (χ1) is 9.61. The lowest BCUT2D eigenvalue weighted by molar-refractivity contribution is 0.790. The van der Waals surface area contributed by atoms with E-state index in [4.69, 9.17) is 5.26 Å². The minimum atomic E-state index is -0.148. The predicted molar refractivity (Wildman–Crippen MR) is 76.4 cm³/mol. The van der Waals surface area contributed by atoms with Crippen LogP contribution in [0, 0.1) is 17.2 Å². The van der Waals surface area contributed by atoms with Gasteiger partial charge in [-0.1, -0.05) is 19.9 Å². The van der Waals surface area contributed by atoms with Crippen molar-refractivity contribution in [2.45, 2.75) is 32.6 Å². The number of aromatic nitrogens is 3. The molecule has 0 bridgehead atoms. The van der Waals surface area contributed by atoms with Gasteiger partial charge in [0.2, 0.25) is 0 Å². The molecule has 3 rings (SSSR count). The molecule has 0 radical (unpaired) electrons. The number of aromatic amines is 1. The molecule has 0 unspecified atom stereocenters. The number of hydrogen-bond acceptors (Lipinski definition) is 3. The Hall–Kier alpha value is -2.35. The number of allylic oxidation sites excluding steroid dienone is 1. The van der Waals surface area contributed by atoms with E-state index in [1.807, 2.05) is 19.9 Å². The first-order valence-electron chi connectivity index (χ1n) is 6.84. The summed E-state index contributed by atoms with van der Waals surface area (Å²) < 4.78 is 1.28. The molecule has 0 aliphatic heterocycles. The second-order valence-corrected chi connectivity index (χ2v) is 5.54. The van der Waals surface area contributed by atoms with Crippen LogP contribution in [0.4, 0.5) is 0 Å². The summed E-state index contributed by atoms with van der Waals surface area (Å²) in [6, 6.07) is 2.05. The highest BCUT2D eigenvalue weighted by Gasteiger charge is 2.19. The van der Waals surface area contributed by atoms with Gasteiger partial charge in [0, 0.05) is 11.3 Å². The summed E-state index contributed by atoms with van der Waals surface area (Å²) in [4.78, 5) is 15.7. The summed E-state index contributed by atoms with van der Waals surface area (Å²) in [5, 5.41) is 13.1. The van der Waals surface area contributed by atoms with E-state index in [1.165, 1.54) is 23.6 Å². The fraction of sp³-hybridized carbons (Fsp3) is 0.400. The van der Waals surface area contributed by atoms with Crippen LogP contribution in [0.1, 0.15) is 49.4 Å². The van der Waals surface area contributed by atoms with Crippen LogP contribution in [0.2, 0.25) is 0 Å². The number of hydrogen-bond donors (Lipinski definition) is 1. The van der Waals surface area contributed by atoms with Crippen LogP contribution in [0.15, 0.2) is 17.1 Å². The van der Waals surface area contributed by atoms with E-state index in [1.54, 1.807) is 0 Å². The second-order valence-electron chi connectivity index (χ2n) is 5.54. The first-order valence-corrected chi connectivity index (χ1v) is 6.84. The fourth-order valence-corrected chi connectivity index (χ4v) is 2.34. The maximum Gasteiger partial charge on any atom is 0.278 e. The van der Waals surface area contributed by atoms with E-state index in [9.17, 15) is 4.79 Å². The monoisotopic (exact) mass is 268 g/mol. The van der Waals surface area contributed by atoms with Gasteiger partial charge in [-0.05, 0) is 30.8 Å².